The van der Waals surface area contributed by atoms with Gasteiger partial charge in [-0.2, -0.15) is 5.10 Å². The number of rotatable bonds is 8. The van der Waals surface area contributed by atoms with E-state index in [-0.39, 0.29) is 0 Å². The van der Waals surface area contributed by atoms with Gasteiger partial charge in [-0.25, -0.2) is 9.97 Å². The lowest BCUT2D eigenvalue weighted by Gasteiger charge is -2.28. The fourth-order valence-electron chi connectivity index (χ4n) is 3.95. The summed E-state index contributed by atoms with van der Waals surface area (Å²) in [6, 6.07) is 12.2. The van der Waals surface area contributed by atoms with Crippen LogP contribution in [0.2, 0.25) is 0 Å². The number of H-pyrrole nitrogens is 1. The molecular formula is C24H28N6OS. The Morgan fingerprint density at radius 1 is 1.09 bits per heavy atom. The quantitative estimate of drug-likeness (QED) is 0.473. The number of hydrogen-bond donors (Lipinski definition) is 2. The molecule has 32 heavy (non-hydrogen) atoms. The molecule has 1 aromatic carbocycles. The first-order valence-corrected chi connectivity index (χ1v) is 12.2. The van der Waals surface area contributed by atoms with Crippen LogP contribution < -0.4 is 10.2 Å². The molecule has 3 heterocycles. The van der Waals surface area contributed by atoms with Crippen LogP contribution in [0.1, 0.15) is 43.4 Å². The first-order valence-electron chi connectivity index (χ1n) is 11.3. The van der Waals surface area contributed by atoms with Crippen molar-refractivity contribution in [1.82, 2.24) is 20.2 Å². The highest BCUT2D eigenvalue weighted by atomic mass is 32.2. The highest BCUT2D eigenvalue weighted by molar-refractivity contribution is 7.99. The number of aromatic amines is 1. The average Bonchev–Trinajstić information content (AvgIpc) is 3.58. The normalized spacial score (nSPS) is 16.2. The first kappa shape index (κ1) is 21.0. The maximum absolute atomic E-state index is 12.1. The second-order valence-corrected chi connectivity index (χ2v) is 9.71. The van der Waals surface area contributed by atoms with Crippen LogP contribution in [0.25, 0.3) is 0 Å². The number of carbonyl (C=O) groups is 1. The molecule has 0 amide bonds. The molecule has 0 unspecified atom stereocenters. The van der Waals surface area contributed by atoms with Gasteiger partial charge in [0.1, 0.15) is 17.4 Å². The molecular weight excluding hydrogens is 420 g/mol. The molecule has 8 heteroatoms. The third kappa shape index (κ3) is 5.30. The molecule has 2 N–H and O–H groups in total. The highest BCUT2D eigenvalue weighted by Crippen LogP contribution is 2.32. The Morgan fingerprint density at radius 2 is 1.88 bits per heavy atom. The topological polar surface area (TPSA) is 86.8 Å². The Labute approximate surface area is 192 Å². The van der Waals surface area contributed by atoms with Gasteiger partial charge in [0, 0.05) is 48.2 Å². The molecule has 2 aliphatic rings. The van der Waals surface area contributed by atoms with E-state index in [2.05, 4.69) is 32.5 Å². The highest BCUT2D eigenvalue weighted by Gasteiger charge is 2.29. The van der Waals surface area contributed by atoms with Gasteiger partial charge in [0.15, 0.2) is 11.0 Å². The van der Waals surface area contributed by atoms with Gasteiger partial charge in [0.05, 0.1) is 0 Å². The molecule has 0 spiro atoms. The zero-order valence-corrected chi connectivity index (χ0v) is 19.1. The standard InChI is InChI=1S/C24H28N6OS/c1-16-13-22(29-28-16)25-21-15-23(30-11-3-2-4-12-30)27-24(26-21)32-19-9-5-17(6-10-19)14-20(31)18-7-8-18/h5-6,9-10,13,15,18H,2-4,7-8,11-12,14H2,1H3,(H2,25,26,27,28,29). The van der Waals surface area contributed by atoms with E-state index in [1.54, 1.807) is 0 Å². The molecule has 2 fully saturated rings. The molecule has 166 valence electrons. The lowest BCUT2D eigenvalue weighted by molar-refractivity contribution is -0.119. The Bertz CT molecular complexity index is 1090. The van der Waals surface area contributed by atoms with Crippen molar-refractivity contribution in [2.24, 2.45) is 5.92 Å². The number of Topliss-reactive ketones (excluding diaryl/α,β-unsaturated/α-hetero) is 1. The number of anilines is 3. The Morgan fingerprint density at radius 3 is 2.56 bits per heavy atom. The van der Waals surface area contributed by atoms with Crippen molar-refractivity contribution >= 4 is 35.0 Å². The number of aryl methyl sites for hydroxylation is 1. The summed E-state index contributed by atoms with van der Waals surface area (Å²) >= 11 is 1.54. The van der Waals surface area contributed by atoms with Gasteiger partial charge >= 0.3 is 0 Å². The van der Waals surface area contributed by atoms with E-state index in [0.29, 0.717) is 23.3 Å². The average molecular weight is 449 g/mol. The minimum Gasteiger partial charge on any atom is -0.356 e. The van der Waals surface area contributed by atoms with Crippen LogP contribution >= 0.6 is 11.8 Å². The van der Waals surface area contributed by atoms with Crippen LogP contribution in [0.15, 0.2) is 46.5 Å². The number of nitrogens with zero attached hydrogens (tertiary/aromatic N) is 4. The fraction of sp³-hybridized carbons (Fsp3) is 0.417. The molecule has 3 aromatic rings. The van der Waals surface area contributed by atoms with Gasteiger partial charge in [-0.1, -0.05) is 12.1 Å². The van der Waals surface area contributed by atoms with E-state index in [1.165, 1.54) is 31.0 Å². The van der Waals surface area contributed by atoms with E-state index >= 15 is 0 Å². The summed E-state index contributed by atoms with van der Waals surface area (Å²) in [4.78, 5) is 25.1. The van der Waals surface area contributed by atoms with Crippen LogP contribution in [-0.4, -0.2) is 39.0 Å². The maximum atomic E-state index is 12.1. The summed E-state index contributed by atoms with van der Waals surface area (Å²) in [5.41, 5.74) is 2.07. The van der Waals surface area contributed by atoms with Gasteiger partial charge in [0.2, 0.25) is 0 Å². The lowest BCUT2D eigenvalue weighted by Crippen LogP contribution is -2.30. The summed E-state index contributed by atoms with van der Waals surface area (Å²) in [7, 11) is 0. The zero-order chi connectivity index (χ0) is 21.9. The van der Waals surface area contributed by atoms with Crippen molar-refractivity contribution in [2.45, 2.75) is 55.5 Å². The van der Waals surface area contributed by atoms with Crippen LogP contribution in [0, 0.1) is 12.8 Å². The smallest absolute Gasteiger partial charge is 0.196 e. The second-order valence-electron chi connectivity index (χ2n) is 8.67. The summed E-state index contributed by atoms with van der Waals surface area (Å²) in [6.45, 7) is 4.01. The summed E-state index contributed by atoms with van der Waals surface area (Å²) < 4.78 is 0. The number of carbonyl (C=O) groups excluding carboxylic acids is 1. The third-order valence-electron chi connectivity index (χ3n) is 5.88. The number of ketones is 1. The molecule has 1 aliphatic carbocycles. The lowest BCUT2D eigenvalue weighted by atomic mass is 10.1. The van der Waals surface area contributed by atoms with Gasteiger partial charge in [-0.05, 0) is 68.5 Å². The molecule has 0 atom stereocenters. The molecule has 0 radical (unpaired) electrons. The molecule has 2 aromatic heterocycles. The van der Waals surface area contributed by atoms with E-state index in [4.69, 9.17) is 9.97 Å². The van der Waals surface area contributed by atoms with Gasteiger partial charge in [0.25, 0.3) is 0 Å². The van der Waals surface area contributed by atoms with E-state index in [1.807, 2.05) is 31.2 Å². The Balaban J connectivity index is 1.35. The van der Waals surface area contributed by atoms with Crippen molar-refractivity contribution in [2.75, 3.05) is 23.3 Å². The number of nitrogens with one attached hydrogen (secondary N) is 2. The van der Waals surface area contributed by atoms with Crippen molar-refractivity contribution in [3.05, 3.63) is 47.7 Å². The largest absolute Gasteiger partial charge is 0.356 e. The van der Waals surface area contributed by atoms with Crippen molar-refractivity contribution in [1.29, 1.82) is 0 Å². The Hall–Kier alpha value is -2.87. The number of hydrogen-bond acceptors (Lipinski definition) is 7. The summed E-state index contributed by atoms with van der Waals surface area (Å²) in [5.74, 6) is 3.10. The molecule has 1 aliphatic heterocycles. The SMILES string of the molecule is Cc1cc(Nc2cc(N3CCCCC3)nc(Sc3ccc(CC(=O)C4CC4)cc3)n2)n[nH]1. The number of piperidine rings is 1. The Kier molecular flexibility index (Phi) is 6.12. The minimum absolute atomic E-state index is 0.305. The van der Waals surface area contributed by atoms with Gasteiger partial charge in [-0.3, -0.25) is 9.89 Å². The molecule has 5 rings (SSSR count). The zero-order valence-electron chi connectivity index (χ0n) is 18.3. The predicted octanol–water partition coefficient (Wildman–Crippen LogP) is 4.91. The summed E-state index contributed by atoms with van der Waals surface area (Å²) in [6.07, 6.45) is 6.31. The van der Waals surface area contributed by atoms with Gasteiger partial charge in [-0.15, -0.1) is 0 Å². The van der Waals surface area contributed by atoms with Crippen molar-refractivity contribution < 1.29 is 4.79 Å². The third-order valence-corrected chi connectivity index (χ3v) is 6.75. The van der Waals surface area contributed by atoms with Crippen LogP contribution in [-0.2, 0) is 11.2 Å². The number of benzene rings is 1. The minimum atomic E-state index is 0.305. The van der Waals surface area contributed by atoms with E-state index < -0.39 is 0 Å². The first-order chi connectivity index (χ1) is 15.6. The maximum Gasteiger partial charge on any atom is 0.196 e. The molecule has 1 saturated heterocycles. The molecule has 1 saturated carbocycles. The van der Waals surface area contributed by atoms with Crippen LogP contribution in [0.3, 0.4) is 0 Å². The number of aromatic nitrogens is 4. The summed E-state index contributed by atoms with van der Waals surface area (Å²) in [5, 5.41) is 11.2. The van der Waals surface area contributed by atoms with Crippen molar-refractivity contribution in [3.8, 4) is 0 Å². The van der Waals surface area contributed by atoms with E-state index in [0.717, 1.165) is 59.5 Å². The molecule has 0 bridgehead atoms. The monoisotopic (exact) mass is 448 g/mol. The van der Waals surface area contributed by atoms with E-state index in [9.17, 15) is 4.79 Å². The van der Waals surface area contributed by atoms with Gasteiger partial charge < -0.3 is 10.2 Å². The van der Waals surface area contributed by atoms with Crippen molar-refractivity contribution in [3.63, 3.8) is 0 Å². The van der Waals surface area contributed by atoms with Crippen LogP contribution in [0.4, 0.5) is 17.5 Å². The second kappa shape index (κ2) is 9.32. The molecule has 7 nitrogen and oxygen atoms in total. The predicted molar refractivity (Wildman–Crippen MR) is 127 cm³/mol. The van der Waals surface area contributed by atoms with Crippen LogP contribution in [0.5, 0.6) is 0 Å². The fourth-order valence-corrected chi connectivity index (χ4v) is 4.72.